The van der Waals surface area contributed by atoms with Crippen LogP contribution in [0.25, 0.3) is 66.8 Å². The van der Waals surface area contributed by atoms with Gasteiger partial charge in [-0.3, -0.25) is 0 Å². The molecule has 0 aliphatic carbocycles. The van der Waals surface area contributed by atoms with Gasteiger partial charge in [-0.05, 0) is 194 Å². The third kappa shape index (κ3) is 10.9. The van der Waals surface area contributed by atoms with Crippen LogP contribution < -0.4 is 14.7 Å². The molecule has 0 aliphatic heterocycles. The highest BCUT2D eigenvalue weighted by Crippen LogP contribution is 2.41. The first-order chi connectivity index (χ1) is 40.1. The standard InChI is InChI=1S/C78H57N3/c1-7-21-70(22-8-1)79(71-23-9-2-10-24-71)76-50-46-60(47-51-76)58-34-40-63(41-35-58)67-54-68(64-42-36-59(37-43-64)61-48-52-77(53-49-61)80(72-25-11-3-12-26-72)73-27-13-4-14-28-73)56-69(55-67)65-44-38-62(39-45-65)66-20-19-33-78(57-66)81(74-29-15-5-16-30-74)75-31-17-6-18-32-75/h1-57H. The van der Waals surface area contributed by atoms with Gasteiger partial charge in [0.05, 0.1) is 0 Å². The Balaban J connectivity index is 0.820. The van der Waals surface area contributed by atoms with Crippen LogP contribution in [0.3, 0.4) is 0 Å². The lowest BCUT2D eigenvalue weighted by atomic mass is 9.91. The maximum absolute atomic E-state index is 2.34. The predicted molar refractivity (Wildman–Crippen MR) is 343 cm³/mol. The Kier molecular flexibility index (Phi) is 14.2. The molecule has 0 saturated carbocycles. The third-order valence-electron chi connectivity index (χ3n) is 15.0. The van der Waals surface area contributed by atoms with E-state index in [-0.39, 0.29) is 0 Å². The lowest BCUT2D eigenvalue weighted by Crippen LogP contribution is -2.09. The number of hydrogen-bond acceptors (Lipinski definition) is 3. The zero-order chi connectivity index (χ0) is 54.2. The van der Waals surface area contributed by atoms with Gasteiger partial charge in [-0.2, -0.15) is 0 Å². The van der Waals surface area contributed by atoms with Crippen LogP contribution in [0.2, 0.25) is 0 Å². The van der Waals surface area contributed by atoms with Gasteiger partial charge < -0.3 is 14.7 Å². The van der Waals surface area contributed by atoms with Crippen molar-refractivity contribution in [2.24, 2.45) is 0 Å². The predicted octanol–water partition coefficient (Wildman–Crippen LogP) is 22.1. The van der Waals surface area contributed by atoms with Crippen molar-refractivity contribution in [2.45, 2.75) is 0 Å². The first kappa shape index (κ1) is 49.8. The van der Waals surface area contributed by atoms with Gasteiger partial charge in [0.1, 0.15) is 0 Å². The van der Waals surface area contributed by atoms with Gasteiger partial charge in [0.15, 0.2) is 0 Å². The summed E-state index contributed by atoms with van der Waals surface area (Å²) in [6, 6.07) is 124. The van der Waals surface area contributed by atoms with Gasteiger partial charge in [0.2, 0.25) is 0 Å². The van der Waals surface area contributed by atoms with Crippen LogP contribution in [0, 0.1) is 0 Å². The lowest BCUT2D eigenvalue weighted by molar-refractivity contribution is 1.28. The molecule has 0 N–H and O–H groups in total. The zero-order valence-electron chi connectivity index (χ0n) is 44.8. The van der Waals surface area contributed by atoms with E-state index in [9.17, 15) is 0 Å². The number of anilines is 9. The zero-order valence-corrected chi connectivity index (χ0v) is 44.8. The van der Waals surface area contributed by atoms with Crippen molar-refractivity contribution in [3.8, 4) is 66.8 Å². The highest BCUT2D eigenvalue weighted by molar-refractivity contribution is 5.86. The molecule has 0 amide bonds. The number of nitrogens with zero attached hydrogens (tertiary/aromatic N) is 3. The number of benzene rings is 13. The average Bonchev–Trinajstić information content (AvgIpc) is 3.56. The van der Waals surface area contributed by atoms with Crippen LogP contribution >= 0.6 is 0 Å². The minimum absolute atomic E-state index is 1.10. The SMILES string of the molecule is c1ccc(N(c2ccccc2)c2ccc(-c3ccc(-c4cc(-c5ccc(-c6ccc(N(c7ccccc7)c7ccccc7)cc6)cc5)cc(-c5ccc(-c6cccc(N(c7ccccc7)c7ccccc7)c6)cc5)c4)cc3)cc2)cc1. The molecular formula is C78H57N3. The van der Waals surface area contributed by atoms with Gasteiger partial charge in [0.25, 0.3) is 0 Å². The van der Waals surface area contributed by atoms with Gasteiger partial charge in [-0.1, -0.05) is 218 Å². The first-order valence-corrected chi connectivity index (χ1v) is 27.6. The molecule has 13 rings (SSSR count). The minimum atomic E-state index is 1.10. The molecule has 0 aliphatic rings. The molecular weight excluding hydrogens is 979 g/mol. The Hall–Kier alpha value is -10.7. The molecule has 0 unspecified atom stereocenters. The highest BCUT2D eigenvalue weighted by atomic mass is 15.2. The van der Waals surface area contributed by atoms with Crippen molar-refractivity contribution < 1.29 is 0 Å². The van der Waals surface area contributed by atoms with E-state index in [0.29, 0.717) is 0 Å². The van der Waals surface area contributed by atoms with E-state index in [2.05, 4.69) is 360 Å². The molecule has 384 valence electrons. The van der Waals surface area contributed by atoms with Crippen molar-refractivity contribution in [3.05, 3.63) is 346 Å². The Labute approximate surface area is 475 Å². The molecule has 0 spiro atoms. The summed E-state index contributed by atoms with van der Waals surface area (Å²) < 4.78 is 0. The molecule has 0 radical (unpaired) electrons. The summed E-state index contributed by atoms with van der Waals surface area (Å²) in [5.41, 5.74) is 23.9. The van der Waals surface area contributed by atoms with Crippen molar-refractivity contribution in [3.63, 3.8) is 0 Å². The van der Waals surface area contributed by atoms with Gasteiger partial charge in [-0.15, -0.1) is 0 Å². The van der Waals surface area contributed by atoms with E-state index >= 15 is 0 Å². The monoisotopic (exact) mass is 1040 g/mol. The van der Waals surface area contributed by atoms with E-state index in [1.165, 1.54) is 22.3 Å². The third-order valence-corrected chi connectivity index (χ3v) is 15.0. The summed E-state index contributed by atoms with van der Waals surface area (Å²) in [5, 5.41) is 0. The van der Waals surface area contributed by atoms with Crippen LogP contribution in [0.15, 0.2) is 346 Å². The molecule has 0 fully saturated rings. The first-order valence-electron chi connectivity index (χ1n) is 27.6. The topological polar surface area (TPSA) is 9.72 Å². The van der Waals surface area contributed by atoms with Crippen LogP contribution in [0.1, 0.15) is 0 Å². The Bertz CT molecular complexity index is 3830. The fourth-order valence-corrected chi connectivity index (χ4v) is 10.9. The van der Waals surface area contributed by atoms with E-state index < -0.39 is 0 Å². The second kappa shape index (κ2) is 23.1. The normalized spacial score (nSPS) is 11.0. The van der Waals surface area contributed by atoms with Crippen molar-refractivity contribution in [2.75, 3.05) is 14.7 Å². The summed E-state index contributed by atoms with van der Waals surface area (Å²) in [6.45, 7) is 0. The summed E-state index contributed by atoms with van der Waals surface area (Å²) in [7, 11) is 0. The Morgan fingerprint density at radius 3 is 0.556 bits per heavy atom. The maximum atomic E-state index is 2.34. The molecule has 0 atom stereocenters. The van der Waals surface area contributed by atoms with E-state index in [0.717, 1.165) is 95.7 Å². The smallest absolute Gasteiger partial charge is 0.0467 e. The van der Waals surface area contributed by atoms with E-state index in [4.69, 9.17) is 0 Å². The van der Waals surface area contributed by atoms with Crippen LogP contribution in [0.4, 0.5) is 51.2 Å². The van der Waals surface area contributed by atoms with Crippen molar-refractivity contribution in [1.82, 2.24) is 0 Å². The van der Waals surface area contributed by atoms with Crippen LogP contribution in [-0.2, 0) is 0 Å². The Morgan fingerprint density at radius 1 is 0.111 bits per heavy atom. The highest BCUT2D eigenvalue weighted by Gasteiger charge is 2.17. The molecule has 13 aromatic carbocycles. The van der Waals surface area contributed by atoms with E-state index in [1.807, 2.05) is 0 Å². The number of rotatable bonds is 15. The number of hydrogen-bond donors (Lipinski definition) is 0. The molecule has 0 aromatic heterocycles. The Morgan fingerprint density at radius 2 is 0.296 bits per heavy atom. The van der Waals surface area contributed by atoms with Crippen LogP contribution in [0.5, 0.6) is 0 Å². The molecule has 0 heterocycles. The second-order valence-electron chi connectivity index (χ2n) is 20.2. The molecule has 81 heavy (non-hydrogen) atoms. The van der Waals surface area contributed by atoms with E-state index in [1.54, 1.807) is 0 Å². The average molecular weight is 1040 g/mol. The summed E-state index contributed by atoms with van der Waals surface area (Å²) >= 11 is 0. The van der Waals surface area contributed by atoms with Gasteiger partial charge >= 0.3 is 0 Å². The fourth-order valence-electron chi connectivity index (χ4n) is 10.9. The quantitative estimate of drug-likeness (QED) is 0.101. The second-order valence-corrected chi connectivity index (χ2v) is 20.2. The van der Waals surface area contributed by atoms with Crippen molar-refractivity contribution in [1.29, 1.82) is 0 Å². The molecule has 0 bridgehead atoms. The van der Waals surface area contributed by atoms with Gasteiger partial charge in [0, 0.05) is 51.2 Å². The summed E-state index contributed by atoms with van der Waals surface area (Å²) in [5.74, 6) is 0. The molecule has 3 nitrogen and oxygen atoms in total. The maximum Gasteiger partial charge on any atom is 0.0467 e. The summed E-state index contributed by atoms with van der Waals surface area (Å²) in [6.07, 6.45) is 0. The van der Waals surface area contributed by atoms with Crippen molar-refractivity contribution >= 4 is 51.2 Å². The molecule has 3 heteroatoms. The molecule has 0 saturated heterocycles. The largest absolute Gasteiger partial charge is 0.311 e. The summed E-state index contributed by atoms with van der Waals surface area (Å²) in [4.78, 5) is 6.91. The molecule has 13 aromatic rings. The minimum Gasteiger partial charge on any atom is -0.311 e. The van der Waals surface area contributed by atoms with Crippen LogP contribution in [-0.4, -0.2) is 0 Å². The number of para-hydroxylation sites is 6. The van der Waals surface area contributed by atoms with Gasteiger partial charge in [-0.25, -0.2) is 0 Å². The fraction of sp³-hybridized carbons (Fsp3) is 0. The lowest BCUT2D eigenvalue weighted by Gasteiger charge is -2.26.